The molecule has 0 aromatic carbocycles. The number of nitrogens with two attached hydrogens (primary N) is 1. The summed E-state index contributed by atoms with van der Waals surface area (Å²) in [6.07, 6.45) is 0. The van der Waals surface area contributed by atoms with E-state index >= 15 is 0 Å². The van der Waals surface area contributed by atoms with E-state index in [2.05, 4.69) is 10.3 Å². The van der Waals surface area contributed by atoms with Crippen LogP contribution in [-0.4, -0.2) is 43.0 Å². The van der Waals surface area contributed by atoms with Gasteiger partial charge >= 0.3 is 0 Å². The molecule has 0 radical (unpaired) electrons. The molecule has 0 bridgehead atoms. The van der Waals surface area contributed by atoms with Gasteiger partial charge in [-0.1, -0.05) is 11.3 Å². The molecule has 0 saturated carbocycles. The molecule has 5 nitrogen and oxygen atoms in total. The molecule has 3 N–H and O–H groups in total. The first-order valence-corrected chi connectivity index (χ1v) is 5.48. The Balaban J connectivity index is 2.50. The van der Waals surface area contributed by atoms with Gasteiger partial charge in [-0.2, -0.15) is 0 Å². The van der Waals surface area contributed by atoms with E-state index in [-0.39, 0.29) is 5.91 Å². The molecule has 6 heteroatoms. The molecule has 0 unspecified atom stereocenters. The fourth-order valence-corrected chi connectivity index (χ4v) is 1.85. The van der Waals surface area contributed by atoms with Crippen LogP contribution in [0.25, 0.3) is 0 Å². The molecule has 0 aliphatic heterocycles. The smallest absolute Gasteiger partial charge is 0.263 e. The Kier molecular flexibility index (Phi) is 4.05. The van der Waals surface area contributed by atoms with E-state index in [0.29, 0.717) is 22.2 Å². The summed E-state index contributed by atoms with van der Waals surface area (Å²) >= 11 is 1.22. The normalized spacial score (nSPS) is 10.7. The van der Waals surface area contributed by atoms with Crippen molar-refractivity contribution in [2.75, 3.05) is 32.9 Å². The van der Waals surface area contributed by atoms with E-state index in [1.54, 1.807) is 6.92 Å². The SMILES string of the molecule is Cc1nc(N)sc1C(=O)NCCN(C)C. The monoisotopic (exact) mass is 228 g/mol. The van der Waals surface area contributed by atoms with E-state index in [4.69, 9.17) is 5.73 Å². The third kappa shape index (κ3) is 3.49. The maximum atomic E-state index is 11.6. The van der Waals surface area contributed by atoms with E-state index in [0.717, 1.165) is 6.54 Å². The number of hydrogen-bond donors (Lipinski definition) is 2. The van der Waals surface area contributed by atoms with Gasteiger partial charge in [0.2, 0.25) is 0 Å². The van der Waals surface area contributed by atoms with Gasteiger partial charge in [0.05, 0.1) is 5.69 Å². The number of hydrogen-bond acceptors (Lipinski definition) is 5. The van der Waals surface area contributed by atoms with Gasteiger partial charge in [0.25, 0.3) is 5.91 Å². The van der Waals surface area contributed by atoms with Crippen molar-refractivity contribution in [1.29, 1.82) is 0 Å². The van der Waals surface area contributed by atoms with Crippen LogP contribution in [-0.2, 0) is 0 Å². The van der Waals surface area contributed by atoms with Crippen molar-refractivity contribution in [2.45, 2.75) is 6.92 Å². The molecule has 15 heavy (non-hydrogen) atoms. The molecular weight excluding hydrogens is 212 g/mol. The van der Waals surface area contributed by atoms with Crippen molar-refractivity contribution in [3.8, 4) is 0 Å². The number of nitrogens with one attached hydrogen (secondary N) is 1. The molecule has 0 saturated heterocycles. The molecule has 1 rings (SSSR count). The number of rotatable bonds is 4. The zero-order chi connectivity index (χ0) is 11.4. The maximum absolute atomic E-state index is 11.6. The molecule has 1 aromatic rings. The summed E-state index contributed by atoms with van der Waals surface area (Å²) in [5.74, 6) is -0.0939. The zero-order valence-electron chi connectivity index (χ0n) is 9.20. The Morgan fingerprint density at radius 2 is 2.27 bits per heavy atom. The molecule has 0 aliphatic rings. The lowest BCUT2D eigenvalue weighted by atomic mass is 10.4. The lowest BCUT2D eigenvalue weighted by molar-refractivity contribution is 0.0954. The van der Waals surface area contributed by atoms with Crippen LogP contribution in [0, 0.1) is 6.92 Å². The second-order valence-corrected chi connectivity index (χ2v) is 4.56. The van der Waals surface area contributed by atoms with E-state index in [1.807, 2.05) is 19.0 Å². The molecule has 1 aromatic heterocycles. The van der Waals surface area contributed by atoms with Gasteiger partial charge in [-0.15, -0.1) is 0 Å². The molecule has 1 amide bonds. The predicted molar refractivity (Wildman–Crippen MR) is 62.2 cm³/mol. The second kappa shape index (κ2) is 5.09. The second-order valence-electron chi connectivity index (χ2n) is 3.53. The number of nitrogen functional groups attached to an aromatic ring is 1. The van der Waals surface area contributed by atoms with Crippen LogP contribution in [0.3, 0.4) is 0 Å². The lowest BCUT2D eigenvalue weighted by Crippen LogP contribution is -2.31. The first-order valence-electron chi connectivity index (χ1n) is 4.66. The molecular formula is C9H16N4OS. The number of aryl methyl sites for hydroxylation is 1. The third-order valence-corrected chi connectivity index (χ3v) is 2.85. The Labute approximate surface area is 93.3 Å². The van der Waals surface area contributed by atoms with Gasteiger partial charge in [-0.25, -0.2) is 4.98 Å². The van der Waals surface area contributed by atoms with Crippen molar-refractivity contribution in [1.82, 2.24) is 15.2 Å². The number of carbonyl (C=O) groups is 1. The van der Waals surface area contributed by atoms with Crippen molar-refractivity contribution in [3.05, 3.63) is 10.6 Å². The largest absolute Gasteiger partial charge is 0.375 e. The minimum Gasteiger partial charge on any atom is -0.375 e. The Hall–Kier alpha value is -1.14. The average molecular weight is 228 g/mol. The maximum Gasteiger partial charge on any atom is 0.263 e. The van der Waals surface area contributed by atoms with Crippen LogP contribution >= 0.6 is 11.3 Å². The molecule has 0 atom stereocenters. The summed E-state index contributed by atoms with van der Waals surface area (Å²) in [5.41, 5.74) is 6.21. The van der Waals surface area contributed by atoms with Crippen LogP contribution in [0.2, 0.25) is 0 Å². The Morgan fingerprint density at radius 3 is 2.73 bits per heavy atom. The molecule has 1 heterocycles. The molecule has 0 fully saturated rings. The average Bonchev–Trinajstić information content (AvgIpc) is 2.44. The quantitative estimate of drug-likeness (QED) is 0.779. The number of likely N-dealkylation sites (N-methyl/N-ethyl adjacent to an activating group) is 1. The van der Waals surface area contributed by atoms with Crippen LogP contribution in [0.4, 0.5) is 5.13 Å². The Morgan fingerprint density at radius 1 is 1.60 bits per heavy atom. The van der Waals surface area contributed by atoms with Gasteiger partial charge in [0.15, 0.2) is 5.13 Å². The summed E-state index contributed by atoms with van der Waals surface area (Å²) in [4.78, 5) is 18.3. The van der Waals surface area contributed by atoms with Crippen LogP contribution in [0.15, 0.2) is 0 Å². The van der Waals surface area contributed by atoms with Crippen LogP contribution < -0.4 is 11.1 Å². The topological polar surface area (TPSA) is 71.2 Å². The van der Waals surface area contributed by atoms with Gasteiger partial charge in [0.1, 0.15) is 4.88 Å². The zero-order valence-corrected chi connectivity index (χ0v) is 10.0. The number of aromatic nitrogens is 1. The van der Waals surface area contributed by atoms with Crippen LogP contribution in [0.5, 0.6) is 0 Å². The number of amides is 1. The standard InChI is InChI=1S/C9H16N4OS/c1-6-7(15-9(10)12-6)8(14)11-4-5-13(2)3/h4-5H2,1-3H3,(H2,10,12)(H,11,14). The highest BCUT2D eigenvalue weighted by molar-refractivity contribution is 7.17. The summed E-state index contributed by atoms with van der Waals surface area (Å²) in [7, 11) is 3.92. The number of thiazole rings is 1. The van der Waals surface area contributed by atoms with E-state index in [9.17, 15) is 4.79 Å². The van der Waals surface area contributed by atoms with Crippen LogP contribution in [0.1, 0.15) is 15.4 Å². The fourth-order valence-electron chi connectivity index (χ4n) is 1.10. The van der Waals surface area contributed by atoms with Crippen molar-refractivity contribution in [2.24, 2.45) is 0 Å². The fraction of sp³-hybridized carbons (Fsp3) is 0.556. The number of carbonyl (C=O) groups excluding carboxylic acids is 1. The van der Waals surface area contributed by atoms with E-state index < -0.39 is 0 Å². The number of anilines is 1. The lowest BCUT2D eigenvalue weighted by Gasteiger charge is -2.09. The highest BCUT2D eigenvalue weighted by atomic mass is 32.1. The summed E-state index contributed by atoms with van der Waals surface area (Å²) < 4.78 is 0. The van der Waals surface area contributed by atoms with Gasteiger partial charge in [-0.05, 0) is 21.0 Å². The Bertz CT molecular complexity index is 348. The number of nitrogens with zero attached hydrogens (tertiary/aromatic N) is 2. The highest BCUT2D eigenvalue weighted by Gasteiger charge is 2.13. The molecule has 0 aliphatic carbocycles. The summed E-state index contributed by atoms with van der Waals surface area (Å²) in [5, 5.41) is 3.25. The minimum absolute atomic E-state index is 0.0939. The molecule has 84 valence electrons. The van der Waals surface area contributed by atoms with Crippen molar-refractivity contribution >= 4 is 22.4 Å². The van der Waals surface area contributed by atoms with Crippen molar-refractivity contribution in [3.63, 3.8) is 0 Å². The molecule has 0 spiro atoms. The highest BCUT2D eigenvalue weighted by Crippen LogP contribution is 2.18. The van der Waals surface area contributed by atoms with Gasteiger partial charge < -0.3 is 16.0 Å². The first-order chi connectivity index (χ1) is 7.00. The van der Waals surface area contributed by atoms with E-state index in [1.165, 1.54) is 11.3 Å². The van der Waals surface area contributed by atoms with Crippen molar-refractivity contribution < 1.29 is 4.79 Å². The minimum atomic E-state index is -0.0939. The van der Waals surface area contributed by atoms with Gasteiger partial charge in [0, 0.05) is 13.1 Å². The first kappa shape index (κ1) is 11.9. The summed E-state index contributed by atoms with van der Waals surface area (Å²) in [6.45, 7) is 3.23. The predicted octanol–water partition coefficient (Wildman–Crippen LogP) is 0.325. The summed E-state index contributed by atoms with van der Waals surface area (Å²) in [6, 6.07) is 0. The third-order valence-electron chi connectivity index (χ3n) is 1.86. The van der Waals surface area contributed by atoms with Gasteiger partial charge in [-0.3, -0.25) is 4.79 Å².